The van der Waals surface area contributed by atoms with Gasteiger partial charge in [-0.2, -0.15) is 5.26 Å². The second-order valence-corrected chi connectivity index (χ2v) is 5.20. The van der Waals surface area contributed by atoms with Gasteiger partial charge in [0.1, 0.15) is 5.54 Å². The standard InChI is InChI=1S/C12H20N2/c1-5-6-14-12(9-13)8-11(3,4)7-10(12)2/h5,10,14H,1,6-8H2,2-4H3. The van der Waals surface area contributed by atoms with Crippen LogP contribution in [0, 0.1) is 22.7 Å². The highest BCUT2D eigenvalue weighted by molar-refractivity contribution is 5.17. The minimum atomic E-state index is -0.336. The Morgan fingerprint density at radius 2 is 2.29 bits per heavy atom. The van der Waals surface area contributed by atoms with Crippen LogP contribution in [-0.2, 0) is 0 Å². The summed E-state index contributed by atoms with van der Waals surface area (Å²) in [6.07, 6.45) is 3.87. The van der Waals surface area contributed by atoms with Gasteiger partial charge >= 0.3 is 0 Å². The monoisotopic (exact) mass is 192 g/mol. The SMILES string of the molecule is C=CCNC1(C#N)CC(C)(C)CC1C. The first-order valence-electron chi connectivity index (χ1n) is 5.23. The van der Waals surface area contributed by atoms with Crippen molar-refractivity contribution < 1.29 is 0 Å². The highest BCUT2D eigenvalue weighted by Crippen LogP contribution is 2.46. The van der Waals surface area contributed by atoms with Gasteiger partial charge in [0.25, 0.3) is 0 Å². The molecule has 2 unspecified atom stereocenters. The van der Waals surface area contributed by atoms with Crippen molar-refractivity contribution in [3.05, 3.63) is 12.7 Å². The maximum atomic E-state index is 9.30. The molecule has 1 saturated carbocycles. The van der Waals surface area contributed by atoms with Gasteiger partial charge in [-0.05, 0) is 24.2 Å². The number of nitriles is 1. The third-order valence-corrected chi connectivity index (χ3v) is 3.22. The smallest absolute Gasteiger partial charge is 0.110 e. The predicted molar refractivity (Wildman–Crippen MR) is 58.7 cm³/mol. The van der Waals surface area contributed by atoms with Gasteiger partial charge < -0.3 is 0 Å². The zero-order chi connectivity index (χ0) is 10.8. The summed E-state index contributed by atoms with van der Waals surface area (Å²) in [4.78, 5) is 0. The van der Waals surface area contributed by atoms with E-state index in [9.17, 15) is 5.26 Å². The predicted octanol–water partition coefficient (Wildman–Crippen LogP) is 2.48. The topological polar surface area (TPSA) is 35.8 Å². The molecule has 0 aromatic heterocycles. The number of nitrogens with zero attached hydrogens (tertiary/aromatic N) is 1. The molecule has 2 heteroatoms. The molecule has 0 aliphatic heterocycles. The van der Waals surface area contributed by atoms with E-state index in [1.54, 1.807) is 0 Å². The van der Waals surface area contributed by atoms with Gasteiger partial charge in [0.2, 0.25) is 0 Å². The summed E-state index contributed by atoms with van der Waals surface area (Å²) >= 11 is 0. The molecule has 0 heterocycles. The van der Waals surface area contributed by atoms with Gasteiger partial charge in [0.15, 0.2) is 0 Å². The number of rotatable bonds is 3. The molecule has 1 rings (SSSR count). The van der Waals surface area contributed by atoms with Gasteiger partial charge in [-0.25, -0.2) is 0 Å². The third kappa shape index (κ3) is 1.99. The van der Waals surface area contributed by atoms with Crippen LogP contribution in [0.3, 0.4) is 0 Å². The second kappa shape index (κ2) is 3.74. The quantitative estimate of drug-likeness (QED) is 0.697. The molecule has 0 aromatic rings. The van der Waals surface area contributed by atoms with Crippen LogP contribution in [-0.4, -0.2) is 12.1 Å². The Hall–Kier alpha value is -0.810. The van der Waals surface area contributed by atoms with Crippen molar-refractivity contribution in [3.63, 3.8) is 0 Å². The van der Waals surface area contributed by atoms with E-state index in [0.29, 0.717) is 12.5 Å². The van der Waals surface area contributed by atoms with Crippen molar-refractivity contribution in [1.29, 1.82) is 5.26 Å². The van der Waals surface area contributed by atoms with Crippen molar-refractivity contribution >= 4 is 0 Å². The van der Waals surface area contributed by atoms with Crippen molar-refractivity contribution in [3.8, 4) is 6.07 Å². The Bertz CT molecular complexity index is 262. The Morgan fingerprint density at radius 3 is 2.64 bits per heavy atom. The molecule has 1 aliphatic carbocycles. The van der Waals surface area contributed by atoms with Gasteiger partial charge in [-0.15, -0.1) is 6.58 Å². The first-order chi connectivity index (χ1) is 6.46. The van der Waals surface area contributed by atoms with E-state index < -0.39 is 0 Å². The maximum absolute atomic E-state index is 9.30. The summed E-state index contributed by atoms with van der Waals surface area (Å²) in [7, 11) is 0. The minimum Gasteiger partial charge on any atom is -0.296 e. The van der Waals surface area contributed by atoms with Crippen LogP contribution in [0.1, 0.15) is 33.6 Å². The minimum absolute atomic E-state index is 0.281. The Labute approximate surface area is 87.0 Å². The van der Waals surface area contributed by atoms with Gasteiger partial charge in [-0.3, -0.25) is 5.32 Å². The lowest BCUT2D eigenvalue weighted by molar-refractivity contribution is 0.332. The van der Waals surface area contributed by atoms with Gasteiger partial charge in [-0.1, -0.05) is 26.8 Å². The summed E-state index contributed by atoms with van der Waals surface area (Å²) in [6.45, 7) is 11.0. The molecule has 0 spiro atoms. The van der Waals surface area contributed by atoms with E-state index in [1.165, 1.54) is 0 Å². The molecule has 1 aliphatic rings. The van der Waals surface area contributed by atoms with E-state index in [4.69, 9.17) is 0 Å². The molecule has 0 bridgehead atoms. The summed E-state index contributed by atoms with van der Waals surface area (Å²) in [5.41, 5.74) is -0.0546. The fourth-order valence-corrected chi connectivity index (χ4v) is 2.68. The second-order valence-electron chi connectivity index (χ2n) is 5.20. The first-order valence-corrected chi connectivity index (χ1v) is 5.23. The highest BCUT2D eigenvalue weighted by Gasteiger charge is 2.48. The van der Waals surface area contributed by atoms with Crippen molar-refractivity contribution in [1.82, 2.24) is 5.32 Å². The third-order valence-electron chi connectivity index (χ3n) is 3.22. The normalized spacial score (nSPS) is 35.1. The molecular formula is C12H20N2. The molecule has 0 aromatic carbocycles. The lowest BCUT2D eigenvalue weighted by atomic mass is 9.87. The van der Waals surface area contributed by atoms with Crippen LogP contribution < -0.4 is 5.32 Å². The molecule has 0 radical (unpaired) electrons. The lowest BCUT2D eigenvalue weighted by Gasteiger charge is -2.27. The fraction of sp³-hybridized carbons (Fsp3) is 0.750. The zero-order valence-electron chi connectivity index (χ0n) is 9.43. The molecule has 2 atom stereocenters. The Morgan fingerprint density at radius 1 is 1.64 bits per heavy atom. The zero-order valence-corrected chi connectivity index (χ0v) is 9.43. The number of hydrogen-bond acceptors (Lipinski definition) is 2. The summed E-state index contributed by atoms with van der Waals surface area (Å²) in [6, 6.07) is 2.46. The van der Waals surface area contributed by atoms with Crippen molar-refractivity contribution in [2.75, 3.05) is 6.54 Å². The van der Waals surface area contributed by atoms with Gasteiger partial charge in [0.05, 0.1) is 6.07 Å². The van der Waals surface area contributed by atoms with Crippen LogP contribution in [0.4, 0.5) is 0 Å². The van der Waals surface area contributed by atoms with Crippen LogP contribution in [0.5, 0.6) is 0 Å². The van der Waals surface area contributed by atoms with Crippen LogP contribution in [0.25, 0.3) is 0 Å². The van der Waals surface area contributed by atoms with Crippen LogP contribution >= 0.6 is 0 Å². The van der Waals surface area contributed by atoms with E-state index in [2.05, 4.69) is 38.7 Å². The number of nitrogens with one attached hydrogen (secondary N) is 1. The van der Waals surface area contributed by atoms with Crippen LogP contribution in [0.15, 0.2) is 12.7 Å². The van der Waals surface area contributed by atoms with Gasteiger partial charge in [0, 0.05) is 6.54 Å². The summed E-state index contributed by atoms with van der Waals surface area (Å²) in [5, 5.41) is 12.6. The largest absolute Gasteiger partial charge is 0.296 e. The highest BCUT2D eigenvalue weighted by atomic mass is 15.0. The lowest BCUT2D eigenvalue weighted by Crippen LogP contribution is -2.46. The van der Waals surface area contributed by atoms with E-state index in [-0.39, 0.29) is 11.0 Å². The summed E-state index contributed by atoms with van der Waals surface area (Å²) in [5.74, 6) is 0.419. The molecule has 1 N–H and O–H groups in total. The molecular weight excluding hydrogens is 172 g/mol. The van der Waals surface area contributed by atoms with E-state index in [1.807, 2.05) is 6.08 Å². The average Bonchev–Trinajstić information content (AvgIpc) is 2.33. The molecule has 2 nitrogen and oxygen atoms in total. The average molecular weight is 192 g/mol. The molecule has 14 heavy (non-hydrogen) atoms. The van der Waals surface area contributed by atoms with Crippen molar-refractivity contribution in [2.45, 2.75) is 39.2 Å². The number of hydrogen-bond donors (Lipinski definition) is 1. The van der Waals surface area contributed by atoms with E-state index in [0.717, 1.165) is 12.8 Å². The Kier molecular flexibility index (Phi) is 3.01. The fourth-order valence-electron chi connectivity index (χ4n) is 2.68. The molecule has 1 fully saturated rings. The van der Waals surface area contributed by atoms with Crippen LogP contribution in [0.2, 0.25) is 0 Å². The first kappa shape index (κ1) is 11.3. The molecule has 0 saturated heterocycles. The maximum Gasteiger partial charge on any atom is 0.110 e. The summed E-state index contributed by atoms with van der Waals surface area (Å²) < 4.78 is 0. The van der Waals surface area contributed by atoms with Crippen molar-refractivity contribution in [2.24, 2.45) is 11.3 Å². The molecule has 0 amide bonds. The van der Waals surface area contributed by atoms with E-state index >= 15 is 0 Å². The molecule has 78 valence electrons. The Balaban J connectivity index is 2.80.